The molecule has 0 spiro atoms. The molecule has 5 aliphatic rings. The lowest BCUT2D eigenvalue weighted by Crippen LogP contribution is -2.53. The van der Waals surface area contributed by atoms with Crippen LogP contribution in [0.1, 0.15) is 125 Å². The number of fused-ring (bicyclic) bond motifs is 4. The Kier molecular flexibility index (Phi) is 12.0. The summed E-state index contributed by atoms with van der Waals surface area (Å²) < 4.78 is 11.4. The van der Waals surface area contributed by atoms with E-state index in [1.54, 1.807) is 0 Å². The van der Waals surface area contributed by atoms with Gasteiger partial charge in [-0.05, 0) is 111 Å². The Morgan fingerprint density at radius 3 is 2.46 bits per heavy atom. The molecule has 0 aromatic carbocycles. The van der Waals surface area contributed by atoms with Gasteiger partial charge in [0, 0.05) is 37.2 Å². The van der Waals surface area contributed by atoms with E-state index >= 15 is 0 Å². The summed E-state index contributed by atoms with van der Waals surface area (Å²) in [5, 5.41) is 12.6. The highest BCUT2D eigenvalue weighted by atomic mass is 16.5. The number of carbonyl (C=O) groups excluding carboxylic acids is 2. The van der Waals surface area contributed by atoms with E-state index in [2.05, 4.69) is 51.8 Å². The standard InChI is InChI=1S/C39H67N3O4/c1-26(2)9-7-10-27(3)31-11-12-33-37(40)30-23-28(4)34-24-29(13-15-39(34,6)32(30)14-16-38(31,33)5)46-36(44)25-35(43)41-17-8-18-42-19-21-45-22-20-42/h26-34,40H,7-25H2,1-6H3,(H,41,43)/t27-,28?,29?,30?,31?,32?,33?,34?,38?,39?/m1/s1. The van der Waals surface area contributed by atoms with Gasteiger partial charge in [0.15, 0.2) is 0 Å². The number of esters is 1. The predicted octanol–water partition coefficient (Wildman–Crippen LogP) is 7.51. The van der Waals surface area contributed by atoms with E-state index in [9.17, 15) is 15.0 Å². The van der Waals surface area contributed by atoms with Gasteiger partial charge in [0.1, 0.15) is 12.5 Å². The highest BCUT2D eigenvalue weighted by Gasteiger charge is 2.60. The van der Waals surface area contributed by atoms with Gasteiger partial charge >= 0.3 is 5.97 Å². The molecule has 9 unspecified atom stereocenters. The molecule has 0 aromatic heterocycles. The molecule has 262 valence electrons. The van der Waals surface area contributed by atoms with Crippen LogP contribution in [0.5, 0.6) is 0 Å². The zero-order valence-corrected chi connectivity index (χ0v) is 30.2. The minimum Gasteiger partial charge on any atom is -0.462 e. The van der Waals surface area contributed by atoms with E-state index in [-0.39, 0.29) is 35.2 Å². The molecular weight excluding hydrogens is 574 g/mol. The third-order valence-electron chi connectivity index (χ3n) is 14.0. The van der Waals surface area contributed by atoms with Crippen LogP contribution < -0.4 is 5.32 Å². The summed E-state index contributed by atoms with van der Waals surface area (Å²) in [6.07, 6.45) is 13.5. The third kappa shape index (κ3) is 7.87. The Hall–Kier alpha value is -1.47. The van der Waals surface area contributed by atoms with Crippen molar-refractivity contribution in [2.24, 2.45) is 58.2 Å². The molecule has 7 nitrogen and oxygen atoms in total. The summed E-state index contributed by atoms with van der Waals surface area (Å²) >= 11 is 0. The number of hydrogen-bond donors (Lipinski definition) is 2. The van der Waals surface area contributed by atoms with Gasteiger partial charge in [-0.3, -0.25) is 14.5 Å². The van der Waals surface area contributed by atoms with Crippen LogP contribution in [-0.2, 0) is 19.1 Å². The Morgan fingerprint density at radius 1 is 0.978 bits per heavy atom. The maximum Gasteiger partial charge on any atom is 0.315 e. The van der Waals surface area contributed by atoms with E-state index in [0.29, 0.717) is 36.1 Å². The summed E-state index contributed by atoms with van der Waals surface area (Å²) in [4.78, 5) is 27.7. The minimum absolute atomic E-state index is 0.100. The fraction of sp³-hybridized carbons (Fsp3) is 0.923. The molecule has 1 aliphatic heterocycles. The largest absolute Gasteiger partial charge is 0.462 e. The molecule has 0 aromatic rings. The average molecular weight is 642 g/mol. The van der Waals surface area contributed by atoms with Gasteiger partial charge in [-0.15, -0.1) is 0 Å². The molecule has 4 aliphatic carbocycles. The van der Waals surface area contributed by atoms with Gasteiger partial charge in [-0.25, -0.2) is 0 Å². The molecular formula is C39H67N3O4. The molecule has 1 heterocycles. The molecule has 7 heteroatoms. The monoisotopic (exact) mass is 642 g/mol. The van der Waals surface area contributed by atoms with Crippen molar-refractivity contribution in [1.29, 1.82) is 5.41 Å². The normalized spacial score (nSPS) is 38.8. The van der Waals surface area contributed by atoms with Gasteiger partial charge in [0.25, 0.3) is 0 Å². The lowest BCUT2D eigenvalue weighted by molar-refractivity contribution is -0.160. The second kappa shape index (κ2) is 15.4. The maximum absolute atomic E-state index is 12.8. The van der Waals surface area contributed by atoms with Crippen molar-refractivity contribution in [3.05, 3.63) is 0 Å². The van der Waals surface area contributed by atoms with Crippen molar-refractivity contribution in [2.45, 2.75) is 131 Å². The van der Waals surface area contributed by atoms with Crippen LogP contribution in [0.15, 0.2) is 0 Å². The number of morpholine rings is 1. The second-order valence-electron chi connectivity index (χ2n) is 17.3. The molecule has 0 bridgehead atoms. The first kappa shape index (κ1) is 35.8. The van der Waals surface area contributed by atoms with Crippen molar-refractivity contribution < 1.29 is 19.1 Å². The van der Waals surface area contributed by atoms with Crippen LogP contribution in [0.2, 0.25) is 0 Å². The van der Waals surface area contributed by atoms with E-state index in [0.717, 1.165) is 88.4 Å². The molecule has 5 fully saturated rings. The fourth-order valence-corrected chi connectivity index (χ4v) is 11.5. The van der Waals surface area contributed by atoms with Gasteiger partial charge in [-0.1, -0.05) is 60.8 Å². The lowest BCUT2D eigenvalue weighted by atomic mass is 9.48. The first-order chi connectivity index (χ1) is 21.9. The van der Waals surface area contributed by atoms with E-state index in [1.165, 1.54) is 44.9 Å². The van der Waals surface area contributed by atoms with Crippen molar-refractivity contribution in [2.75, 3.05) is 39.4 Å². The number of nitrogens with one attached hydrogen (secondary N) is 2. The van der Waals surface area contributed by atoms with Gasteiger partial charge < -0.3 is 20.2 Å². The van der Waals surface area contributed by atoms with Crippen molar-refractivity contribution in [3.63, 3.8) is 0 Å². The van der Waals surface area contributed by atoms with Crippen molar-refractivity contribution in [1.82, 2.24) is 10.2 Å². The van der Waals surface area contributed by atoms with Gasteiger partial charge in [-0.2, -0.15) is 0 Å². The molecule has 10 atom stereocenters. The number of amides is 1. The first-order valence-electron chi connectivity index (χ1n) is 19.3. The number of hydrogen-bond acceptors (Lipinski definition) is 6. The summed E-state index contributed by atoms with van der Waals surface area (Å²) in [5.74, 6) is 4.08. The quantitative estimate of drug-likeness (QED) is 0.131. The smallest absolute Gasteiger partial charge is 0.315 e. The van der Waals surface area contributed by atoms with E-state index in [4.69, 9.17) is 9.47 Å². The Morgan fingerprint density at radius 2 is 1.72 bits per heavy atom. The van der Waals surface area contributed by atoms with Crippen LogP contribution in [0.3, 0.4) is 0 Å². The Labute approximate surface area is 280 Å². The topological polar surface area (TPSA) is 91.7 Å². The van der Waals surface area contributed by atoms with Crippen LogP contribution in [0.25, 0.3) is 0 Å². The Balaban J connectivity index is 1.14. The lowest BCUT2D eigenvalue weighted by Gasteiger charge is -2.57. The van der Waals surface area contributed by atoms with E-state index in [1.807, 2.05) is 0 Å². The van der Waals surface area contributed by atoms with Crippen molar-refractivity contribution >= 4 is 17.6 Å². The fourth-order valence-electron chi connectivity index (χ4n) is 11.5. The van der Waals surface area contributed by atoms with Crippen LogP contribution in [-0.4, -0.2) is 68.0 Å². The molecule has 5 rings (SSSR count). The molecule has 2 N–H and O–H groups in total. The third-order valence-corrected chi connectivity index (χ3v) is 14.0. The van der Waals surface area contributed by atoms with Crippen LogP contribution in [0.4, 0.5) is 0 Å². The van der Waals surface area contributed by atoms with Crippen molar-refractivity contribution in [3.8, 4) is 0 Å². The minimum atomic E-state index is -0.383. The predicted molar refractivity (Wildman–Crippen MR) is 185 cm³/mol. The Bertz CT molecular complexity index is 1060. The molecule has 4 saturated carbocycles. The number of rotatable bonds is 12. The molecule has 0 radical (unpaired) electrons. The molecule has 46 heavy (non-hydrogen) atoms. The van der Waals surface area contributed by atoms with Crippen LogP contribution in [0, 0.1) is 63.6 Å². The second-order valence-corrected chi connectivity index (χ2v) is 17.3. The molecule has 1 amide bonds. The van der Waals surface area contributed by atoms with Crippen LogP contribution >= 0.6 is 0 Å². The summed E-state index contributed by atoms with van der Waals surface area (Å²) in [6, 6.07) is 0. The van der Waals surface area contributed by atoms with Gasteiger partial charge in [0.2, 0.25) is 5.91 Å². The highest BCUT2D eigenvalue weighted by molar-refractivity contribution is 5.94. The summed E-state index contributed by atoms with van der Waals surface area (Å²) in [7, 11) is 0. The maximum atomic E-state index is 12.8. The molecule has 1 saturated heterocycles. The van der Waals surface area contributed by atoms with E-state index < -0.39 is 0 Å². The van der Waals surface area contributed by atoms with Gasteiger partial charge in [0.05, 0.1) is 13.2 Å². The highest BCUT2D eigenvalue weighted by Crippen LogP contribution is 2.65. The first-order valence-corrected chi connectivity index (χ1v) is 19.3. The number of ether oxygens (including phenoxy) is 2. The number of nitrogens with zero attached hydrogens (tertiary/aromatic N) is 1. The number of carbonyl (C=O) groups is 2. The summed E-state index contributed by atoms with van der Waals surface area (Å²) in [6.45, 7) is 19.7. The average Bonchev–Trinajstić information content (AvgIpc) is 3.31. The SMILES string of the molecule is CC(C)CCC[C@@H](C)C1CCC2C(=N)C3CC(C)C4CC(OC(=O)CC(=O)NCCCN5CCOCC5)CCC4(C)C3CCC21C. The zero-order chi connectivity index (χ0) is 33.1. The summed E-state index contributed by atoms with van der Waals surface area (Å²) in [5.41, 5.74) is 1.54. The zero-order valence-electron chi connectivity index (χ0n) is 30.2.